The van der Waals surface area contributed by atoms with Gasteiger partial charge in [-0.05, 0) is 25.8 Å². The van der Waals surface area contributed by atoms with Gasteiger partial charge in [-0.2, -0.15) is 5.10 Å². The van der Waals surface area contributed by atoms with Crippen molar-refractivity contribution in [2.75, 3.05) is 19.7 Å². The van der Waals surface area contributed by atoms with Crippen LogP contribution in [-0.2, 0) is 17.7 Å². The zero-order chi connectivity index (χ0) is 13.1. The van der Waals surface area contributed by atoms with Gasteiger partial charge in [0.05, 0.1) is 12.7 Å². The minimum Gasteiger partial charge on any atom is -0.375 e. The Morgan fingerprint density at radius 2 is 2.26 bits per heavy atom. The molecule has 0 amide bonds. The molecule has 106 valence electrons. The van der Waals surface area contributed by atoms with Crippen LogP contribution in [0.3, 0.4) is 0 Å². The summed E-state index contributed by atoms with van der Waals surface area (Å²) in [5.41, 5.74) is 1.36. The molecule has 4 nitrogen and oxygen atoms in total. The lowest BCUT2D eigenvalue weighted by atomic mass is 9.90. The number of rotatable bonds is 4. The molecule has 19 heavy (non-hydrogen) atoms. The Hall–Kier alpha value is -0.870. The summed E-state index contributed by atoms with van der Waals surface area (Å²) in [6.45, 7) is 6.28. The van der Waals surface area contributed by atoms with Crippen LogP contribution in [0.25, 0.3) is 0 Å². The van der Waals surface area contributed by atoms with E-state index in [0.29, 0.717) is 12.1 Å². The van der Waals surface area contributed by atoms with Crippen molar-refractivity contribution < 1.29 is 4.74 Å². The largest absolute Gasteiger partial charge is 0.375 e. The molecule has 3 rings (SSSR count). The lowest BCUT2D eigenvalue weighted by Crippen LogP contribution is -2.53. The second kappa shape index (κ2) is 6.06. The summed E-state index contributed by atoms with van der Waals surface area (Å²) < 4.78 is 8.04. The Labute approximate surface area is 115 Å². The van der Waals surface area contributed by atoms with Gasteiger partial charge in [-0.25, -0.2) is 0 Å². The first-order chi connectivity index (χ1) is 9.38. The molecular formula is C15H25N3O. The van der Waals surface area contributed by atoms with Crippen LogP contribution in [0.2, 0.25) is 0 Å². The van der Waals surface area contributed by atoms with Crippen LogP contribution in [-0.4, -0.2) is 46.5 Å². The van der Waals surface area contributed by atoms with E-state index < -0.39 is 0 Å². The van der Waals surface area contributed by atoms with E-state index in [9.17, 15) is 0 Å². The zero-order valence-corrected chi connectivity index (χ0v) is 11.9. The van der Waals surface area contributed by atoms with E-state index in [1.165, 1.54) is 31.4 Å². The van der Waals surface area contributed by atoms with E-state index >= 15 is 0 Å². The number of hydrogen-bond acceptors (Lipinski definition) is 3. The van der Waals surface area contributed by atoms with Gasteiger partial charge in [0.1, 0.15) is 0 Å². The normalized spacial score (nSPS) is 28.3. The first-order valence-electron chi connectivity index (χ1n) is 7.75. The number of morpholine rings is 1. The Morgan fingerprint density at radius 1 is 1.37 bits per heavy atom. The van der Waals surface area contributed by atoms with Crippen LogP contribution in [0, 0.1) is 0 Å². The van der Waals surface area contributed by atoms with Gasteiger partial charge in [0.15, 0.2) is 0 Å². The number of aryl methyl sites for hydroxylation is 1. The van der Waals surface area contributed by atoms with Crippen molar-refractivity contribution >= 4 is 0 Å². The molecule has 1 aromatic heterocycles. The fraction of sp³-hybridized carbons (Fsp3) is 0.800. The Kier molecular flexibility index (Phi) is 4.18. The number of fused-ring (bicyclic) bond motifs is 1. The molecule has 1 aromatic rings. The van der Waals surface area contributed by atoms with Crippen molar-refractivity contribution in [3.05, 3.63) is 18.0 Å². The van der Waals surface area contributed by atoms with Crippen molar-refractivity contribution in [2.45, 2.75) is 57.7 Å². The van der Waals surface area contributed by atoms with Crippen molar-refractivity contribution in [3.63, 3.8) is 0 Å². The zero-order valence-electron chi connectivity index (χ0n) is 11.9. The highest BCUT2D eigenvalue weighted by molar-refractivity contribution is 5.01. The molecule has 1 saturated carbocycles. The molecule has 1 aliphatic carbocycles. The molecule has 1 saturated heterocycles. The number of aromatic nitrogens is 2. The smallest absolute Gasteiger partial charge is 0.0730 e. The highest BCUT2D eigenvalue weighted by atomic mass is 16.5. The van der Waals surface area contributed by atoms with Gasteiger partial charge in [-0.15, -0.1) is 0 Å². The maximum Gasteiger partial charge on any atom is 0.0730 e. The first-order valence-corrected chi connectivity index (χ1v) is 7.75. The fourth-order valence-corrected chi connectivity index (χ4v) is 3.57. The molecule has 0 spiro atoms. The molecule has 2 fully saturated rings. The van der Waals surface area contributed by atoms with Crippen LogP contribution in [0.1, 0.15) is 38.3 Å². The molecule has 1 aliphatic heterocycles. The second-order valence-corrected chi connectivity index (χ2v) is 5.69. The van der Waals surface area contributed by atoms with Crippen LogP contribution < -0.4 is 0 Å². The highest BCUT2D eigenvalue weighted by Crippen LogP contribution is 2.28. The van der Waals surface area contributed by atoms with Crippen LogP contribution >= 0.6 is 0 Å². The third-order valence-electron chi connectivity index (χ3n) is 4.61. The van der Waals surface area contributed by atoms with E-state index in [0.717, 1.165) is 32.7 Å². The molecule has 0 radical (unpaired) electrons. The van der Waals surface area contributed by atoms with Crippen molar-refractivity contribution in [1.82, 2.24) is 14.7 Å². The summed E-state index contributed by atoms with van der Waals surface area (Å²) in [6, 6.07) is 2.82. The fourth-order valence-electron chi connectivity index (χ4n) is 3.57. The van der Waals surface area contributed by atoms with Crippen LogP contribution in [0.5, 0.6) is 0 Å². The third-order valence-corrected chi connectivity index (χ3v) is 4.61. The molecular weight excluding hydrogens is 238 g/mol. The average Bonchev–Trinajstić information content (AvgIpc) is 2.92. The van der Waals surface area contributed by atoms with E-state index in [1.54, 1.807) is 0 Å². The Balaban J connectivity index is 1.59. The topological polar surface area (TPSA) is 30.3 Å². The average molecular weight is 263 g/mol. The lowest BCUT2D eigenvalue weighted by molar-refractivity contribution is -0.0876. The molecule has 0 N–H and O–H groups in total. The molecule has 2 heterocycles. The molecule has 0 aromatic carbocycles. The quantitative estimate of drug-likeness (QED) is 0.833. The third kappa shape index (κ3) is 2.84. The van der Waals surface area contributed by atoms with Gasteiger partial charge < -0.3 is 4.74 Å². The number of nitrogens with zero attached hydrogens (tertiary/aromatic N) is 3. The predicted octanol–water partition coefficient (Wildman–Crippen LogP) is 2.09. The minimum absolute atomic E-state index is 0.499. The highest BCUT2D eigenvalue weighted by Gasteiger charge is 2.33. The van der Waals surface area contributed by atoms with Gasteiger partial charge in [0.2, 0.25) is 0 Å². The molecule has 4 heteroatoms. The predicted molar refractivity (Wildman–Crippen MR) is 75.2 cm³/mol. The van der Waals surface area contributed by atoms with Gasteiger partial charge in [0, 0.05) is 44.0 Å². The van der Waals surface area contributed by atoms with Crippen molar-refractivity contribution in [1.29, 1.82) is 0 Å². The summed E-state index contributed by atoms with van der Waals surface area (Å²) in [4.78, 5) is 2.65. The number of ether oxygens (including phenoxy) is 1. The maximum atomic E-state index is 5.93. The van der Waals surface area contributed by atoms with E-state index in [2.05, 4.69) is 27.7 Å². The molecule has 2 atom stereocenters. The van der Waals surface area contributed by atoms with Gasteiger partial charge in [0.25, 0.3) is 0 Å². The van der Waals surface area contributed by atoms with Crippen LogP contribution in [0.4, 0.5) is 0 Å². The van der Waals surface area contributed by atoms with Gasteiger partial charge in [-0.3, -0.25) is 9.58 Å². The summed E-state index contributed by atoms with van der Waals surface area (Å²) in [5.74, 6) is 0. The van der Waals surface area contributed by atoms with E-state index in [1.807, 2.05) is 6.20 Å². The Bertz CT molecular complexity index is 402. The summed E-state index contributed by atoms with van der Waals surface area (Å²) in [7, 11) is 0. The van der Waals surface area contributed by atoms with Gasteiger partial charge >= 0.3 is 0 Å². The van der Waals surface area contributed by atoms with E-state index in [-0.39, 0.29) is 0 Å². The van der Waals surface area contributed by atoms with Crippen LogP contribution in [0.15, 0.2) is 12.3 Å². The number of hydrogen-bond donors (Lipinski definition) is 0. The Morgan fingerprint density at radius 3 is 3.16 bits per heavy atom. The lowest BCUT2D eigenvalue weighted by Gasteiger charge is -2.43. The van der Waals surface area contributed by atoms with E-state index in [4.69, 9.17) is 4.74 Å². The molecule has 2 aliphatic rings. The SMILES string of the molecule is CCn1nccc1CCN1CCO[C@@H]2CCCC[C@H]21. The monoisotopic (exact) mass is 263 g/mol. The first kappa shape index (κ1) is 13.1. The van der Waals surface area contributed by atoms with Crippen molar-refractivity contribution in [2.24, 2.45) is 0 Å². The summed E-state index contributed by atoms with van der Waals surface area (Å²) in [5, 5.41) is 4.35. The second-order valence-electron chi connectivity index (χ2n) is 5.69. The summed E-state index contributed by atoms with van der Waals surface area (Å²) in [6.07, 6.45) is 8.81. The van der Waals surface area contributed by atoms with Gasteiger partial charge in [-0.1, -0.05) is 12.8 Å². The minimum atomic E-state index is 0.499. The summed E-state index contributed by atoms with van der Waals surface area (Å²) >= 11 is 0. The maximum absolute atomic E-state index is 5.93. The molecule has 0 unspecified atom stereocenters. The standard InChI is InChI=1S/C15H25N3O/c1-2-18-13(7-9-16-18)8-10-17-11-12-19-15-6-4-3-5-14(15)17/h7,9,14-15H,2-6,8,10-12H2,1H3/t14-,15-/m1/s1. The van der Waals surface area contributed by atoms with Crippen molar-refractivity contribution in [3.8, 4) is 0 Å². The molecule has 0 bridgehead atoms.